The predicted octanol–water partition coefficient (Wildman–Crippen LogP) is 3.05. The number of carbonyl (C=O) groups excluding carboxylic acids is 1. The summed E-state index contributed by atoms with van der Waals surface area (Å²) in [7, 11) is 0. The van der Waals surface area contributed by atoms with Gasteiger partial charge in [-0.25, -0.2) is 4.98 Å². The first kappa shape index (κ1) is 15.2. The standard InChI is InChI=1S/C17H13ClN2O3/c18-13-6-2-4-8-15(13)23-16(21)9-10-20-11-19-14-7-3-1-5-12(14)17(20)22/h1-8,11H,9-10H2. The minimum absolute atomic E-state index is 0.0468. The van der Waals surface area contributed by atoms with Crippen molar-refractivity contribution in [2.24, 2.45) is 0 Å². The lowest BCUT2D eigenvalue weighted by Crippen LogP contribution is -2.23. The van der Waals surface area contributed by atoms with E-state index in [-0.39, 0.29) is 18.5 Å². The number of nitrogens with zero attached hydrogens (tertiary/aromatic N) is 2. The zero-order valence-electron chi connectivity index (χ0n) is 12.1. The molecule has 1 aromatic heterocycles. The topological polar surface area (TPSA) is 61.2 Å². The van der Waals surface area contributed by atoms with Crippen LogP contribution in [0.3, 0.4) is 0 Å². The van der Waals surface area contributed by atoms with E-state index in [9.17, 15) is 9.59 Å². The third-order valence-electron chi connectivity index (χ3n) is 3.35. The molecule has 2 aromatic carbocycles. The van der Waals surface area contributed by atoms with Gasteiger partial charge in [-0.3, -0.25) is 14.2 Å². The number of ether oxygens (including phenoxy) is 1. The van der Waals surface area contributed by atoms with Gasteiger partial charge >= 0.3 is 5.97 Å². The van der Waals surface area contributed by atoms with Crippen LogP contribution in [0.15, 0.2) is 59.7 Å². The van der Waals surface area contributed by atoms with Crippen LogP contribution in [0.4, 0.5) is 0 Å². The number of rotatable bonds is 4. The number of para-hydroxylation sites is 2. The van der Waals surface area contributed by atoms with Crippen LogP contribution in [0.25, 0.3) is 10.9 Å². The summed E-state index contributed by atoms with van der Waals surface area (Å²) in [6.07, 6.45) is 1.48. The monoisotopic (exact) mass is 328 g/mol. The van der Waals surface area contributed by atoms with Gasteiger partial charge in [0.25, 0.3) is 5.56 Å². The fourth-order valence-corrected chi connectivity index (χ4v) is 2.35. The molecule has 0 saturated carbocycles. The Bertz CT molecular complexity index is 921. The van der Waals surface area contributed by atoms with Crippen molar-refractivity contribution in [3.8, 4) is 5.75 Å². The van der Waals surface area contributed by atoms with E-state index in [1.54, 1.807) is 42.5 Å². The van der Waals surface area contributed by atoms with Crippen molar-refractivity contribution in [1.29, 1.82) is 0 Å². The Kier molecular flexibility index (Phi) is 4.39. The summed E-state index contributed by atoms with van der Waals surface area (Å²) in [6, 6.07) is 13.8. The summed E-state index contributed by atoms with van der Waals surface area (Å²) in [4.78, 5) is 28.4. The number of halogens is 1. The second kappa shape index (κ2) is 6.62. The maximum Gasteiger partial charge on any atom is 0.313 e. The van der Waals surface area contributed by atoms with Crippen molar-refractivity contribution < 1.29 is 9.53 Å². The minimum atomic E-state index is -0.460. The number of aryl methyl sites for hydroxylation is 1. The number of benzene rings is 2. The van der Waals surface area contributed by atoms with Crippen molar-refractivity contribution in [1.82, 2.24) is 9.55 Å². The lowest BCUT2D eigenvalue weighted by Gasteiger charge is -2.08. The van der Waals surface area contributed by atoms with Gasteiger partial charge in [0.05, 0.1) is 28.7 Å². The van der Waals surface area contributed by atoms with E-state index in [0.717, 1.165) is 0 Å². The molecule has 3 rings (SSSR count). The van der Waals surface area contributed by atoms with Gasteiger partial charge in [-0.05, 0) is 24.3 Å². The van der Waals surface area contributed by atoms with Crippen molar-refractivity contribution in [2.75, 3.05) is 0 Å². The number of carbonyl (C=O) groups is 1. The molecule has 0 unspecified atom stereocenters. The molecule has 0 aliphatic rings. The highest BCUT2D eigenvalue weighted by atomic mass is 35.5. The van der Waals surface area contributed by atoms with E-state index in [4.69, 9.17) is 16.3 Å². The van der Waals surface area contributed by atoms with Gasteiger partial charge in [0.15, 0.2) is 0 Å². The SMILES string of the molecule is O=C(CCn1cnc2ccccc2c1=O)Oc1ccccc1Cl. The van der Waals surface area contributed by atoms with E-state index >= 15 is 0 Å². The molecule has 116 valence electrons. The first-order valence-corrected chi connectivity index (χ1v) is 7.42. The lowest BCUT2D eigenvalue weighted by molar-refractivity contribution is -0.134. The molecule has 0 amide bonds. The molecule has 0 atom stereocenters. The smallest absolute Gasteiger partial charge is 0.313 e. The highest BCUT2D eigenvalue weighted by Crippen LogP contribution is 2.23. The van der Waals surface area contributed by atoms with Crippen molar-refractivity contribution in [3.63, 3.8) is 0 Å². The van der Waals surface area contributed by atoms with Crippen LogP contribution < -0.4 is 10.3 Å². The van der Waals surface area contributed by atoms with Gasteiger partial charge in [0.2, 0.25) is 0 Å². The molecule has 0 radical (unpaired) electrons. The van der Waals surface area contributed by atoms with E-state index in [0.29, 0.717) is 21.7 Å². The van der Waals surface area contributed by atoms with Gasteiger partial charge < -0.3 is 4.74 Å². The third-order valence-corrected chi connectivity index (χ3v) is 3.66. The molecule has 1 heterocycles. The largest absolute Gasteiger partial charge is 0.425 e. The fourth-order valence-electron chi connectivity index (χ4n) is 2.18. The Hall–Kier alpha value is -2.66. The zero-order chi connectivity index (χ0) is 16.2. The average molecular weight is 329 g/mol. The molecule has 3 aromatic rings. The molecule has 0 aliphatic heterocycles. The fraction of sp³-hybridized carbons (Fsp3) is 0.118. The van der Waals surface area contributed by atoms with E-state index in [1.165, 1.54) is 10.9 Å². The summed E-state index contributed by atoms with van der Waals surface area (Å²) >= 11 is 5.93. The molecule has 5 nitrogen and oxygen atoms in total. The summed E-state index contributed by atoms with van der Waals surface area (Å²) in [5.74, 6) is -0.152. The zero-order valence-corrected chi connectivity index (χ0v) is 12.9. The van der Waals surface area contributed by atoms with Crippen LogP contribution >= 0.6 is 11.6 Å². The van der Waals surface area contributed by atoms with E-state index in [2.05, 4.69) is 4.98 Å². The minimum Gasteiger partial charge on any atom is -0.425 e. The predicted molar refractivity (Wildman–Crippen MR) is 87.7 cm³/mol. The Labute approximate surface area is 137 Å². The highest BCUT2D eigenvalue weighted by molar-refractivity contribution is 6.32. The summed E-state index contributed by atoms with van der Waals surface area (Å²) in [5, 5.41) is 0.889. The van der Waals surface area contributed by atoms with Gasteiger partial charge in [-0.1, -0.05) is 35.9 Å². The maximum atomic E-state index is 12.3. The van der Waals surface area contributed by atoms with Crippen molar-refractivity contribution in [2.45, 2.75) is 13.0 Å². The molecule has 23 heavy (non-hydrogen) atoms. The van der Waals surface area contributed by atoms with Gasteiger partial charge in [-0.2, -0.15) is 0 Å². The van der Waals surface area contributed by atoms with Crippen LogP contribution in [0, 0.1) is 0 Å². The highest BCUT2D eigenvalue weighted by Gasteiger charge is 2.10. The average Bonchev–Trinajstić information content (AvgIpc) is 2.57. The molecule has 0 N–H and O–H groups in total. The quantitative estimate of drug-likeness (QED) is 0.545. The van der Waals surface area contributed by atoms with Crippen LogP contribution in [0.2, 0.25) is 5.02 Å². The van der Waals surface area contributed by atoms with E-state index in [1.807, 2.05) is 6.07 Å². The van der Waals surface area contributed by atoms with Crippen LogP contribution in [-0.4, -0.2) is 15.5 Å². The van der Waals surface area contributed by atoms with E-state index < -0.39 is 5.97 Å². The number of aromatic nitrogens is 2. The first-order valence-electron chi connectivity index (χ1n) is 7.04. The molecule has 0 aliphatic carbocycles. The first-order chi connectivity index (χ1) is 11.1. The molecule has 6 heteroatoms. The summed E-state index contributed by atoms with van der Waals surface area (Å²) in [5.41, 5.74) is 0.452. The number of fused-ring (bicyclic) bond motifs is 1. The third kappa shape index (κ3) is 3.40. The van der Waals surface area contributed by atoms with Gasteiger partial charge in [-0.15, -0.1) is 0 Å². The second-order valence-corrected chi connectivity index (χ2v) is 5.32. The normalized spacial score (nSPS) is 10.7. The van der Waals surface area contributed by atoms with Gasteiger partial charge in [0, 0.05) is 6.54 Å². The molecular formula is C17H13ClN2O3. The molecule has 0 saturated heterocycles. The summed E-state index contributed by atoms with van der Waals surface area (Å²) < 4.78 is 6.59. The van der Waals surface area contributed by atoms with Crippen molar-refractivity contribution >= 4 is 28.5 Å². The summed E-state index contributed by atoms with van der Waals surface area (Å²) in [6.45, 7) is 0.194. The number of esters is 1. The Morgan fingerprint density at radius 3 is 2.70 bits per heavy atom. The molecule has 0 bridgehead atoms. The molecule has 0 fully saturated rings. The number of hydrogen-bond acceptors (Lipinski definition) is 4. The Morgan fingerprint density at radius 2 is 1.87 bits per heavy atom. The van der Waals surface area contributed by atoms with Crippen LogP contribution in [-0.2, 0) is 11.3 Å². The van der Waals surface area contributed by atoms with Crippen LogP contribution in [0.1, 0.15) is 6.42 Å². The lowest BCUT2D eigenvalue weighted by atomic mass is 10.2. The Morgan fingerprint density at radius 1 is 1.13 bits per heavy atom. The second-order valence-electron chi connectivity index (χ2n) is 4.91. The van der Waals surface area contributed by atoms with Gasteiger partial charge in [0.1, 0.15) is 5.75 Å². The molecular weight excluding hydrogens is 316 g/mol. The Balaban J connectivity index is 1.71. The molecule has 0 spiro atoms. The van der Waals surface area contributed by atoms with Crippen LogP contribution in [0.5, 0.6) is 5.75 Å². The van der Waals surface area contributed by atoms with Crippen molar-refractivity contribution in [3.05, 3.63) is 70.2 Å². The maximum absolute atomic E-state index is 12.3. The number of hydrogen-bond donors (Lipinski definition) is 0.